The van der Waals surface area contributed by atoms with Crippen molar-refractivity contribution in [3.8, 4) is 17.2 Å². The lowest BCUT2D eigenvalue weighted by molar-refractivity contribution is 0.101. The molecule has 0 unspecified atom stereocenters. The predicted molar refractivity (Wildman–Crippen MR) is 97.5 cm³/mol. The van der Waals surface area contributed by atoms with Gasteiger partial charge >= 0.3 is 0 Å². The van der Waals surface area contributed by atoms with Crippen LogP contribution in [0.1, 0.15) is 49.9 Å². The third-order valence-electron chi connectivity index (χ3n) is 3.33. The van der Waals surface area contributed by atoms with E-state index in [9.17, 15) is 4.79 Å². The van der Waals surface area contributed by atoms with E-state index in [1.165, 1.54) is 6.92 Å². The van der Waals surface area contributed by atoms with Crippen molar-refractivity contribution in [2.45, 2.75) is 39.5 Å². The van der Waals surface area contributed by atoms with Crippen molar-refractivity contribution >= 4 is 5.78 Å². The Morgan fingerprint density at radius 3 is 2.04 bits per heavy atom. The summed E-state index contributed by atoms with van der Waals surface area (Å²) in [6, 6.07) is 3.43. The topological polar surface area (TPSA) is 44.8 Å². The van der Waals surface area contributed by atoms with Gasteiger partial charge in [0.1, 0.15) is 0 Å². The molecule has 0 aliphatic carbocycles. The molecule has 132 valence electrons. The van der Waals surface area contributed by atoms with E-state index in [0.29, 0.717) is 49.1 Å². The highest BCUT2D eigenvalue weighted by Gasteiger charge is 2.17. The van der Waals surface area contributed by atoms with Crippen molar-refractivity contribution < 1.29 is 19.0 Å². The van der Waals surface area contributed by atoms with Crippen LogP contribution in [-0.4, -0.2) is 25.6 Å². The van der Waals surface area contributed by atoms with Crippen LogP contribution in [0.2, 0.25) is 0 Å². The fourth-order valence-corrected chi connectivity index (χ4v) is 1.96. The van der Waals surface area contributed by atoms with Crippen LogP contribution in [-0.2, 0) is 0 Å². The van der Waals surface area contributed by atoms with E-state index in [0.717, 1.165) is 19.3 Å². The Kier molecular flexibility index (Phi) is 9.35. The molecular formula is C20H28O4. The zero-order valence-electron chi connectivity index (χ0n) is 14.8. The number of hydrogen-bond donors (Lipinski definition) is 0. The summed E-state index contributed by atoms with van der Waals surface area (Å²) in [5.74, 6) is 1.58. The summed E-state index contributed by atoms with van der Waals surface area (Å²) in [4.78, 5) is 11.8. The minimum Gasteiger partial charge on any atom is -0.490 e. The molecule has 24 heavy (non-hydrogen) atoms. The second kappa shape index (κ2) is 11.3. The minimum atomic E-state index is -0.0402. The third-order valence-corrected chi connectivity index (χ3v) is 3.33. The molecule has 4 nitrogen and oxygen atoms in total. The van der Waals surface area contributed by atoms with Gasteiger partial charge in [-0.25, -0.2) is 0 Å². The normalized spacial score (nSPS) is 10.1. The monoisotopic (exact) mass is 332 g/mol. The van der Waals surface area contributed by atoms with Crippen LogP contribution in [0.4, 0.5) is 0 Å². The predicted octanol–water partition coefficient (Wildman–Crippen LogP) is 4.98. The molecule has 1 aromatic rings. The Morgan fingerprint density at radius 1 is 1.00 bits per heavy atom. The number of carbonyl (C=O) groups is 1. The standard InChI is InChI=1S/C20H28O4/c1-5-8-11-22-18-14-17(16(4)21)15-19(23-12-9-6-2)20(18)24-13-10-7-3/h5,7,14-15H,1,3,6,8-13H2,2,4H3. The second-order valence-electron chi connectivity index (χ2n) is 5.41. The van der Waals surface area contributed by atoms with E-state index in [1.807, 2.05) is 0 Å². The number of rotatable bonds is 13. The van der Waals surface area contributed by atoms with Gasteiger partial charge in [0.25, 0.3) is 0 Å². The average Bonchev–Trinajstić information content (AvgIpc) is 2.56. The number of Topliss-reactive ketones (excluding diaryl/α,β-unsaturated/α-hetero) is 1. The molecule has 0 saturated heterocycles. The van der Waals surface area contributed by atoms with Gasteiger partial charge in [-0.15, -0.1) is 13.2 Å². The Morgan fingerprint density at radius 2 is 1.54 bits per heavy atom. The summed E-state index contributed by atoms with van der Waals surface area (Å²) in [6.07, 6.45) is 6.97. The van der Waals surface area contributed by atoms with Crippen molar-refractivity contribution in [3.05, 3.63) is 43.0 Å². The zero-order valence-corrected chi connectivity index (χ0v) is 14.8. The molecule has 0 radical (unpaired) electrons. The Hall–Kier alpha value is -2.23. The molecule has 1 rings (SSSR count). The molecular weight excluding hydrogens is 304 g/mol. The van der Waals surface area contributed by atoms with Crippen molar-refractivity contribution in [2.24, 2.45) is 0 Å². The van der Waals surface area contributed by atoms with Crippen LogP contribution < -0.4 is 14.2 Å². The summed E-state index contributed by atoms with van der Waals surface area (Å²) in [6.45, 7) is 12.5. The van der Waals surface area contributed by atoms with E-state index >= 15 is 0 Å². The lowest BCUT2D eigenvalue weighted by atomic mass is 10.1. The lowest BCUT2D eigenvalue weighted by Gasteiger charge is -2.18. The number of carbonyl (C=O) groups excluding carboxylic acids is 1. The van der Waals surface area contributed by atoms with Crippen molar-refractivity contribution in [2.75, 3.05) is 19.8 Å². The minimum absolute atomic E-state index is 0.0402. The maximum absolute atomic E-state index is 11.8. The Balaban J connectivity index is 3.13. The van der Waals surface area contributed by atoms with E-state index in [4.69, 9.17) is 14.2 Å². The Labute approximate surface area is 145 Å². The van der Waals surface area contributed by atoms with E-state index in [-0.39, 0.29) is 5.78 Å². The quantitative estimate of drug-likeness (QED) is 0.290. The van der Waals surface area contributed by atoms with Gasteiger partial charge in [0.15, 0.2) is 17.3 Å². The highest BCUT2D eigenvalue weighted by Crippen LogP contribution is 2.39. The summed E-state index contributed by atoms with van der Waals surface area (Å²) >= 11 is 0. The van der Waals surface area contributed by atoms with Gasteiger partial charge in [0, 0.05) is 5.56 Å². The molecule has 1 aromatic carbocycles. The van der Waals surface area contributed by atoms with Crippen LogP contribution in [0, 0.1) is 0 Å². The second-order valence-corrected chi connectivity index (χ2v) is 5.41. The average molecular weight is 332 g/mol. The molecule has 0 aromatic heterocycles. The Bertz CT molecular complexity index is 549. The molecule has 0 amide bonds. The van der Waals surface area contributed by atoms with E-state index in [2.05, 4.69) is 20.1 Å². The summed E-state index contributed by atoms with van der Waals surface area (Å²) in [5.41, 5.74) is 0.547. The number of hydrogen-bond acceptors (Lipinski definition) is 4. The lowest BCUT2D eigenvalue weighted by Crippen LogP contribution is -2.07. The maximum Gasteiger partial charge on any atom is 0.203 e. The molecule has 0 N–H and O–H groups in total. The summed E-state index contributed by atoms with van der Waals surface area (Å²) < 4.78 is 17.5. The number of benzene rings is 1. The number of ether oxygens (including phenoxy) is 3. The fourth-order valence-electron chi connectivity index (χ4n) is 1.96. The first-order valence-electron chi connectivity index (χ1n) is 8.43. The molecule has 0 heterocycles. The van der Waals surface area contributed by atoms with Gasteiger partial charge in [-0.2, -0.15) is 0 Å². The highest BCUT2D eigenvalue weighted by molar-refractivity contribution is 5.95. The molecule has 0 aliphatic rings. The first kappa shape index (κ1) is 19.8. The van der Waals surface area contributed by atoms with Gasteiger partial charge in [-0.05, 0) is 38.3 Å². The maximum atomic E-state index is 11.8. The van der Waals surface area contributed by atoms with Gasteiger partial charge in [-0.1, -0.05) is 25.5 Å². The van der Waals surface area contributed by atoms with E-state index in [1.54, 1.807) is 24.3 Å². The van der Waals surface area contributed by atoms with Crippen LogP contribution >= 0.6 is 0 Å². The number of ketones is 1. The van der Waals surface area contributed by atoms with Crippen molar-refractivity contribution in [1.29, 1.82) is 0 Å². The van der Waals surface area contributed by atoms with Gasteiger partial charge < -0.3 is 14.2 Å². The molecule has 0 bridgehead atoms. The van der Waals surface area contributed by atoms with Crippen LogP contribution in [0.15, 0.2) is 37.4 Å². The highest BCUT2D eigenvalue weighted by atomic mass is 16.5. The van der Waals surface area contributed by atoms with Crippen LogP contribution in [0.3, 0.4) is 0 Å². The molecule has 0 spiro atoms. The molecule has 0 aliphatic heterocycles. The van der Waals surface area contributed by atoms with E-state index < -0.39 is 0 Å². The van der Waals surface area contributed by atoms with Crippen LogP contribution in [0.5, 0.6) is 17.2 Å². The summed E-state index contributed by atoms with van der Waals surface area (Å²) in [7, 11) is 0. The summed E-state index contributed by atoms with van der Waals surface area (Å²) in [5, 5.41) is 0. The smallest absolute Gasteiger partial charge is 0.203 e. The van der Waals surface area contributed by atoms with Gasteiger partial charge in [0.2, 0.25) is 5.75 Å². The molecule has 0 fully saturated rings. The first-order valence-corrected chi connectivity index (χ1v) is 8.43. The zero-order chi connectivity index (χ0) is 17.8. The third kappa shape index (κ3) is 6.49. The molecule has 0 atom stereocenters. The van der Waals surface area contributed by atoms with Crippen LogP contribution in [0.25, 0.3) is 0 Å². The van der Waals surface area contributed by atoms with Crippen molar-refractivity contribution in [3.63, 3.8) is 0 Å². The molecule has 0 saturated carbocycles. The fraction of sp³-hybridized carbons (Fsp3) is 0.450. The SMILES string of the molecule is C=CCCOc1cc(C(C)=O)cc(OCCCC)c1OCCC=C. The first-order chi connectivity index (χ1) is 11.6. The number of unbranched alkanes of at least 4 members (excludes halogenated alkanes) is 1. The van der Waals surface area contributed by atoms with Crippen molar-refractivity contribution in [1.82, 2.24) is 0 Å². The van der Waals surface area contributed by atoms with Gasteiger partial charge in [0.05, 0.1) is 19.8 Å². The van der Waals surface area contributed by atoms with Gasteiger partial charge in [-0.3, -0.25) is 4.79 Å². The molecule has 4 heteroatoms. The largest absolute Gasteiger partial charge is 0.490 e.